The molecule has 0 radical (unpaired) electrons. The molecule has 0 atom stereocenters. The van der Waals surface area contributed by atoms with Crippen LogP contribution in [0, 0.1) is 29.6 Å². The lowest BCUT2D eigenvalue weighted by Crippen LogP contribution is -2.30. The summed E-state index contributed by atoms with van der Waals surface area (Å²) in [7, 11) is 0. The number of amides is 1. The first kappa shape index (κ1) is 13.7. The number of carbonyl (C=O) groups excluding carboxylic acids is 1. The second-order valence-corrected chi connectivity index (χ2v) is 3.62. The van der Waals surface area contributed by atoms with Gasteiger partial charge in [0.2, 0.25) is 0 Å². The number of nitrogens with two attached hydrogens (primary N) is 1. The minimum absolute atomic E-state index is 0.117. The molecule has 7 heteroatoms. The smallest absolute Gasteiger partial charge is 0.268 e. The van der Waals surface area contributed by atoms with E-state index in [4.69, 9.17) is 20.8 Å². The zero-order valence-electron chi connectivity index (χ0n) is 9.93. The molecule has 1 aromatic rings. The van der Waals surface area contributed by atoms with Crippen LogP contribution in [-0.4, -0.2) is 23.9 Å². The molecule has 0 saturated heterocycles. The number of nitrogen functional groups attached to an aromatic ring is 1. The van der Waals surface area contributed by atoms with Crippen LogP contribution in [-0.2, 0) is 6.54 Å². The van der Waals surface area contributed by atoms with Gasteiger partial charge in [-0.1, -0.05) is 0 Å². The molecule has 0 aliphatic carbocycles. The highest BCUT2D eigenvalue weighted by Gasteiger charge is 2.15. The zero-order chi connectivity index (χ0) is 13.5. The van der Waals surface area contributed by atoms with Crippen LogP contribution in [0.15, 0.2) is 10.5 Å². The third-order valence-electron chi connectivity index (χ3n) is 2.31. The predicted molar refractivity (Wildman–Crippen MR) is 61.6 cm³/mol. The number of nitrogens with one attached hydrogen (secondary N) is 1. The normalized spacial score (nSPS) is 9.83. The molecule has 1 rings (SSSR count). The molecular formula is C11H13N5O2. The van der Waals surface area contributed by atoms with Crippen molar-refractivity contribution in [3.8, 4) is 12.1 Å². The Morgan fingerprint density at radius 3 is 2.61 bits per heavy atom. The van der Waals surface area contributed by atoms with Gasteiger partial charge in [-0.05, 0) is 13.0 Å². The molecule has 0 spiro atoms. The van der Waals surface area contributed by atoms with Crippen LogP contribution in [0.5, 0.6) is 0 Å². The van der Waals surface area contributed by atoms with E-state index < -0.39 is 5.91 Å². The van der Waals surface area contributed by atoms with E-state index in [0.29, 0.717) is 23.6 Å². The molecule has 1 aromatic heterocycles. The van der Waals surface area contributed by atoms with Crippen LogP contribution in [0.3, 0.4) is 0 Å². The summed E-state index contributed by atoms with van der Waals surface area (Å²) in [5.74, 6) is 5.56. The lowest BCUT2D eigenvalue weighted by Gasteiger charge is -2.12. The van der Waals surface area contributed by atoms with Gasteiger partial charge < -0.3 is 4.42 Å². The molecule has 1 amide bonds. The maximum atomic E-state index is 11.4. The summed E-state index contributed by atoms with van der Waals surface area (Å²) in [4.78, 5) is 13.0. The van der Waals surface area contributed by atoms with Crippen molar-refractivity contribution < 1.29 is 9.21 Å². The fourth-order valence-electron chi connectivity index (χ4n) is 1.51. The maximum Gasteiger partial charge on any atom is 0.268 e. The summed E-state index contributed by atoms with van der Waals surface area (Å²) >= 11 is 0. The van der Waals surface area contributed by atoms with Gasteiger partial charge in [-0.2, -0.15) is 10.5 Å². The van der Waals surface area contributed by atoms with Crippen LogP contribution in [0.25, 0.3) is 0 Å². The van der Waals surface area contributed by atoms with E-state index in [-0.39, 0.29) is 13.1 Å². The van der Waals surface area contributed by atoms with Gasteiger partial charge in [-0.3, -0.25) is 15.1 Å². The third kappa shape index (κ3) is 3.32. The van der Waals surface area contributed by atoms with Gasteiger partial charge in [0.25, 0.3) is 5.91 Å². The quantitative estimate of drug-likeness (QED) is 0.328. The van der Waals surface area contributed by atoms with Crippen molar-refractivity contribution in [3.63, 3.8) is 0 Å². The average molecular weight is 247 g/mol. The summed E-state index contributed by atoms with van der Waals surface area (Å²) in [6.45, 7) is 2.17. The first-order valence-electron chi connectivity index (χ1n) is 5.18. The second-order valence-electron chi connectivity index (χ2n) is 3.62. The van der Waals surface area contributed by atoms with Crippen molar-refractivity contribution in [3.05, 3.63) is 23.2 Å². The van der Waals surface area contributed by atoms with Crippen molar-refractivity contribution in [1.29, 1.82) is 10.5 Å². The Kier molecular flexibility index (Phi) is 4.88. The molecule has 0 unspecified atom stereocenters. The Bertz CT molecular complexity index is 492. The molecule has 0 saturated carbocycles. The standard InChI is InChI=1S/C11H13N5O2/c1-8-10(11(17)15-14)6-9(18-8)7-16(4-2-12)5-3-13/h6H,4-5,7,14H2,1H3,(H,15,17). The Morgan fingerprint density at radius 1 is 1.50 bits per heavy atom. The number of hydrazine groups is 1. The Labute approximate surface area is 104 Å². The molecule has 0 bridgehead atoms. The van der Waals surface area contributed by atoms with Crippen LogP contribution in [0.1, 0.15) is 21.9 Å². The van der Waals surface area contributed by atoms with E-state index >= 15 is 0 Å². The van der Waals surface area contributed by atoms with Gasteiger partial charge in [-0.15, -0.1) is 0 Å². The molecule has 0 aromatic carbocycles. The van der Waals surface area contributed by atoms with Gasteiger partial charge in [0.15, 0.2) is 0 Å². The Morgan fingerprint density at radius 2 is 2.11 bits per heavy atom. The van der Waals surface area contributed by atoms with Crippen LogP contribution in [0.4, 0.5) is 0 Å². The maximum absolute atomic E-state index is 11.4. The van der Waals surface area contributed by atoms with E-state index in [2.05, 4.69) is 0 Å². The van der Waals surface area contributed by atoms with E-state index in [9.17, 15) is 4.79 Å². The van der Waals surface area contributed by atoms with Gasteiger partial charge in [0, 0.05) is 0 Å². The predicted octanol–water partition coefficient (Wildman–Crippen LogP) is 0.0407. The lowest BCUT2D eigenvalue weighted by molar-refractivity contribution is 0.0952. The van der Waals surface area contributed by atoms with Gasteiger partial charge in [0.05, 0.1) is 37.3 Å². The number of rotatable bonds is 5. The number of aryl methyl sites for hydroxylation is 1. The van der Waals surface area contributed by atoms with Crippen LogP contribution < -0.4 is 11.3 Å². The number of hydrogen-bond acceptors (Lipinski definition) is 6. The molecule has 94 valence electrons. The minimum atomic E-state index is -0.436. The number of nitrogens with zero attached hydrogens (tertiary/aromatic N) is 3. The SMILES string of the molecule is Cc1oc(CN(CC#N)CC#N)cc1C(=O)NN. The highest BCUT2D eigenvalue weighted by molar-refractivity contribution is 5.94. The van der Waals surface area contributed by atoms with Crippen molar-refractivity contribution in [2.75, 3.05) is 13.1 Å². The number of furan rings is 1. The van der Waals surface area contributed by atoms with Crippen LogP contribution >= 0.6 is 0 Å². The van der Waals surface area contributed by atoms with Crippen molar-refractivity contribution in [2.45, 2.75) is 13.5 Å². The summed E-state index contributed by atoms with van der Waals surface area (Å²) < 4.78 is 5.38. The van der Waals surface area contributed by atoms with Crippen LogP contribution in [0.2, 0.25) is 0 Å². The van der Waals surface area contributed by atoms with Gasteiger partial charge in [-0.25, -0.2) is 5.84 Å². The van der Waals surface area contributed by atoms with Crippen molar-refractivity contribution in [2.24, 2.45) is 5.84 Å². The van der Waals surface area contributed by atoms with Crippen molar-refractivity contribution in [1.82, 2.24) is 10.3 Å². The van der Waals surface area contributed by atoms with Gasteiger partial charge >= 0.3 is 0 Å². The fourth-order valence-corrected chi connectivity index (χ4v) is 1.51. The molecule has 18 heavy (non-hydrogen) atoms. The molecule has 3 N–H and O–H groups in total. The third-order valence-corrected chi connectivity index (χ3v) is 2.31. The molecule has 0 fully saturated rings. The number of hydrogen-bond donors (Lipinski definition) is 2. The van der Waals surface area contributed by atoms with E-state index in [1.54, 1.807) is 17.9 Å². The highest BCUT2D eigenvalue weighted by Crippen LogP contribution is 2.16. The first-order chi connectivity index (χ1) is 8.62. The summed E-state index contributed by atoms with van der Waals surface area (Å²) in [5, 5.41) is 17.2. The zero-order valence-corrected chi connectivity index (χ0v) is 9.93. The largest absolute Gasteiger partial charge is 0.464 e. The average Bonchev–Trinajstić information content (AvgIpc) is 2.70. The number of nitriles is 2. The minimum Gasteiger partial charge on any atom is -0.464 e. The second kappa shape index (κ2) is 6.40. The molecule has 7 nitrogen and oxygen atoms in total. The monoisotopic (exact) mass is 247 g/mol. The van der Waals surface area contributed by atoms with Crippen molar-refractivity contribution >= 4 is 5.91 Å². The van der Waals surface area contributed by atoms with E-state index in [0.717, 1.165) is 0 Å². The van der Waals surface area contributed by atoms with Gasteiger partial charge in [0.1, 0.15) is 11.5 Å². The highest BCUT2D eigenvalue weighted by atomic mass is 16.3. The first-order valence-corrected chi connectivity index (χ1v) is 5.18. The Hall–Kier alpha value is -2.35. The fraction of sp³-hybridized carbons (Fsp3) is 0.364. The van der Waals surface area contributed by atoms with E-state index in [1.165, 1.54) is 0 Å². The summed E-state index contributed by atoms with van der Waals surface area (Å²) in [6, 6.07) is 5.48. The summed E-state index contributed by atoms with van der Waals surface area (Å²) in [5.41, 5.74) is 2.37. The molecule has 1 heterocycles. The summed E-state index contributed by atoms with van der Waals surface area (Å²) in [6.07, 6.45) is 0. The van der Waals surface area contributed by atoms with E-state index in [1.807, 2.05) is 17.6 Å². The Balaban J connectivity index is 2.82. The topological polar surface area (TPSA) is 119 Å². The number of carbonyl (C=O) groups is 1. The molecular weight excluding hydrogens is 234 g/mol. The molecule has 0 aliphatic rings. The lowest BCUT2D eigenvalue weighted by atomic mass is 10.2. The molecule has 0 aliphatic heterocycles.